The molecule has 6 nitrogen and oxygen atoms in total. The van der Waals surface area contributed by atoms with E-state index >= 15 is 0 Å². The number of anilines is 2. The number of para-hydroxylation sites is 1. The molecule has 2 aromatic rings. The third kappa shape index (κ3) is 6.08. The molecule has 1 aliphatic rings. The van der Waals surface area contributed by atoms with Crippen LogP contribution in [0, 0.1) is 9.49 Å². The molecule has 2 amide bonds. The monoisotopic (exact) mass is 570 g/mol. The Balaban J connectivity index is 1.69. The highest BCUT2D eigenvalue weighted by molar-refractivity contribution is 14.1. The fourth-order valence-corrected chi connectivity index (χ4v) is 4.45. The van der Waals surface area contributed by atoms with E-state index in [2.05, 4.69) is 38.1 Å². The minimum Gasteiger partial charge on any atom is -0.365 e. The Labute approximate surface area is 206 Å². The normalized spacial score (nSPS) is 13.8. The number of benzene rings is 2. The van der Waals surface area contributed by atoms with Gasteiger partial charge in [0.15, 0.2) is 5.11 Å². The van der Waals surface area contributed by atoms with Gasteiger partial charge in [0.25, 0.3) is 5.91 Å². The molecule has 0 atom stereocenters. The van der Waals surface area contributed by atoms with Crippen molar-refractivity contribution in [2.75, 3.05) is 36.4 Å². The number of thiocarbonyl (C=S) groups is 1. The minimum atomic E-state index is -0.277. The number of nitrogens with zero attached hydrogens (tertiary/aromatic N) is 2. The van der Waals surface area contributed by atoms with E-state index in [1.54, 1.807) is 12.1 Å². The van der Waals surface area contributed by atoms with Crippen molar-refractivity contribution in [2.24, 2.45) is 5.92 Å². The first-order valence-corrected chi connectivity index (χ1v) is 11.8. The molecule has 2 aromatic carbocycles. The van der Waals surface area contributed by atoms with Gasteiger partial charge in [-0.3, -0.25) is 14.9 Å². The Morgan fingerprint density at radius 3 is 2.42 bits per heavy atom. The number of halogens is 2. The lowest BCUT2D eigenvalue weighted by Gasteiger charge is -2.38. The molecule has 1 heterocycles. The smallest absolute Gasteiger partial charge is 0.257 e. The summed E-state index contributed by atoms with van der Waals surface area (Å²) in [6, 6.07) is 12.8. The first-order valence-electron chi connectivity index (χ1n) is 9.96. The predicted octanol–water partition coefficient (Wildman–Crippen LogP) is 4.38. The molecule has 0 spiro atoms. The molecule has 0 radical (unpaired) electrons. The SMILES string of the molecule is CC(C)C(=O)N1CCN(c2c(Cl)cccc2NC(=S)NC(=O)c2cccc(I)c2)CC1. The zero-order valence-corrected chi connectivity index (χ0v) is 21.1. The number of hydrogen-bond donors (Lipinski definition) is 2. The Morgan fingerprint density at radius 2 is 1.77 bits per heavy atom. The number of piperazine rings is 1. The Bertz CT molecular complexity index is 993. The van der Waals surface area contributed by atoms with E-state index in [9.17, 15) is 9.59 Å². The van der Waals surface area contributed by atoms with Gasteiger partial charge in [0.1, 0.15) is 0 Å². The topological polar surface area (TPSA) is 64.7 Å². The van der Waals surface area contributed by atoms with Crippen LogP contribution in [-0.2, 0) is 4.79 Å². The molecule has 0 saturated carbocycles. The first kappa shape index (κ1) is 23.7. The van der Waals surface area contributed by atoms with Gasteiger partial charge in [0.2, 0.25) is 5.91 Å². The van der Waals surface area contributed by atoms with E-state index in [4.69, 9.17) is 23.8 Å². The van der Waals surface area contributed by atoms with Gasteiger partial charge in [0, 0.05) is 41.2 Å². The standard InChI is InChI=1S/C22H24ClIN4O2S/c1-14(2)21(30)28-11-9-27(10-12-28)19-17(23)7-4-8-18(19)25-22(31)26-20(29)15-5-3-6-16(24)13-15/h3-8,13-14H,9-12H2,1-2H3,(H2,25,26,29,31). The van der Waals surface area contributed by atoms with Crippen molar-refractivity contribution < 1.29 is 9.59 Å². The summed E-state index contributed by atoms with van der Waals surface area (Å²) in [7, 11) is 0. The zero-order chi connectivity index (χ0) is 22.5. The van der Waals surface area contributed by atoms with Crippen LogP contribution in [0.2, 0.25) is 5.02 Å². The van der Waals surface area contributed by atoms with Crippen LogP contribution in [-0.4, -0.2) is 48.0 Å². The second-order valence-electron chi connectivity index (χ2n) is 7.52. The fraction of sp³-hybridized carbons (Fsp3) is 0.318. The average molecular weight is 571 g/mol. The van der Waals surface area contributed by atoms with Crippen molar-refractivity contribution >= 4 is 74.7 Å². The van der Waals surface area contributed by atoms with Crippen LogP contribution < -0.4 is 15.5 Å². The zero-order valence-electron chi connectivity index (χ0n) is 17.3. The number of nitrogens with one attached hydrogen (secondary N) is 2. The second-order valence-corrected chi connectivity index (χ2v) is 9.58. The van der Waals surface area contributed by atoms with Crippen LogP contribution >= 0.6 is 46.4 Å². The van der Waals surface area contributed by atoms with Crippen LogP contribution in [0.15, 0.2) is 42.5 Å². The van der Waals surface area contributed by atoms with Gasteiger partial charge in [-0.15, -0.1) is 0 Å². The van der Waals surface area contributed by atoms with Gasteiger partial charge in [0.05, 0.1) is 16.4 Å². The van der Waals surface area contributed by atoms with Crippen molar-refractivity contribution in [1.29, 1.82) is 0 Å². The predicted molar refractivity (Wildman–Crippen MR) is 138 cm³/mol. The van der Waals surface area contributed by atoms with Crippen molar-refractivity contribution in [3.63, 3.8) is 0 Å². The largest absolute Gasteiger partial charge is 0.365 e. The third-order valence-corrected chi connectivity index (χ3v) is 6.13. The lowest BCUT2D eigenvalue weighted by molar-refractivity contribution is -0.134. The molecule has 3 rings (SSSR count). The molecule has 0 aliphatic carbocycles. The molecule has 2 N–H and O–H groups in total. The van der Waals surface area contributed by atoms with Gasteiger partial charge >= 0.3 is 0 Å². The molecule has 9 heteroatoms. The highest BCUT2D eigenvalue weighted by Crippen LogP contribution is 2.34. The lowest BCUT2D eigenvalue weighted by Crippen LogP contribution is -2.50. The summed E-state index contributed by atoms with van der Waals surface area (Å²) >= 11 is 14.1. The molecule has 164 valence electrons. The summed E-state index contributed by atoms with van der Waals surface area (Å²) in [5.74, 6) is -0.130. The summed E-state index contributed by atoms with van der Waals surface area (Å²) in [6.07, 6.45) is 0. The van der Waals surface area contributed by atoms with Crippen LogP contribution in [0.4, 0.5) is 11.4 Å². The molecule has 0 aromatic heterocycles. The van der Waals surface area contributed by atoms with E-state index in [-0.39, 0.29) is 22.8 Å². The van der Waals surface area contributed by atoms with E-state index < -0.39 is 0 Å². The fourth-order valence-electron chi connectivity index (χ4n) is 3.41. The van der Waals surface area contributed by atoms with Crippen molar-refractivity contribution in [3.8, 4) is 0 Å². The Morgan fingerprint density at radius 1 is 1.10 bits per heavy atom. The van der Waals surface area contributed by atoms with E-state index in [1.165, 1.54) is 0 Å². The number of rotatable bonds is 4. The molecule has 0 unspecified atom stereocenters. The highest BCUT2D eigenvalue weighted by Gasteiger charge is 2.25. The van der Waals surface area contributed by atoms with Gasteiger partial charge in [-0.1, -0.05) is 37.6 Å². The number of amides is 2. The number of hydrogen-bond acceptors (Lipinski definition) is 4. The molecular weight excluding hydrogens is 547 g/mol. The quantitative estimate of drug-likeness (QED) is 0.422. The highest BCUT2D eigenvalue weighted by atomic mass is 127. The molecule has 0 bridgehead atoms. The van der Waals surface area contributed by atoms with Crippen molar-refractivity contribution in [3.05, 3.63) is 56.6 Å². The molecule has 1 aliphatic heterocycles. The van der Waals surface area contributed by atoms with Crippen LogP contribution in [0.5, 0.6) is 0 Å². The Hall–Kier alpha value is -1.91. The average Bonchev–Trinajstić information content (AvgIpc) is 2.73. The summed E-state index contributed by atoms with van der Waals surface area (Å²) in [5, 5.41) is 6.61. The van der Waals surface area contributed by atoms with E-state index in [0.717, 1.165) is 9.26 Å². The number of carbonyl (C=O) groups excluding carboxylic acids is 2. The summed E-state index contributed by atoms with van der Waals surface area (Å²) in [6.45, 7) is 6.43. The number of carbonyl (C=O) groups is 2. The Kier molecular flexibility index (Phi) is 8.12. The maximum atomic E-state index is 12.5. The third-order valence-electron chi connectivity index (χ3n) is 4.95. The lowest BCUT2D eigenvalue weighted by atomic mass is 10.1. The molecule has 1 fully saturated rings. The molecule has 1 saturated heterocycles. The van der Waals surface area contributed by atoms with Crippen LogP contribution in [0.3, 0.4) is 0 Å². The van der Waals surface area contributed by atoms with Crippen molar-refractivity contribution in [1.82, 2.24) is 10.2 Å². The van der Waals surface area contributed by atoms with Crippen molar-refractivity contribution in [2.45, 2.75) is 13.8 Å². The first-order chi connectivity index (χ1) is 14.8. The minimum absolute atomic E-state index is 0.0158. The van der Waals surface area contributed by atoms with Gasteiger partial charge in [-0.25, -0.2) is 0 Å². The van der Waals surface area contributed by atoms with E-state index in [1.807, 2.05) is 49.1 Å². The summed E-state index contributed by atoms with van der Waals surface area (Å²) < 4.78 is 0.969. The van der Waals surface area contributed by atoms with Crippen LogP contribution in [0.1, 0.15) is 24.2 Å². The molecule has 31 heavy (non-hydrogen) atoms. The maximum Gasteiger partial charge on any atom is 0.257 e. The van der Waals surface area contributed by atoms with Gasteiger partial charge < -0.3 is 15.1 Å². The summed E-state index contributed by atoms with van der Waals surface area (Å²) in [4.78, 5) is 28.8. The maximum absolute atomic E-state index is 12.5. The molecular formula is C22H24ClIN4O2S. The van der Waals surface area contributed by atoms with Gasteiger partial charge in [-0.2, -0.15) is 0 Å². The second kappa shape index (κ2) is 10.6. The van der Waals surface area contributed by atoms with Gasteiger partial charge in [-0.05, 0) is 65.1 Å². The van der Waals surface area contributed by atoms with Crippen LogP contribution in [0.25, 0.3) is 0 Å². The summed E-state index contributed by atoms with van der Waals surface area (Å²) in [5.41, 5.74) is 2.06. The van der Waals surface area contributed by atoms with E-state index in [0.29, 0.717) is 42.5 Å².